The van der Waals surface area contributed by atoms with Crippen molar-refractivity contribution >= 4 is 46.6 Å². The summed E-state index contributed by atoms with van der Waals surface area (Å²) in [5.41, 5.74) is 4.85. The molecule has 1 atom stereocenters. The van der Waals surface area contributed by atoms with E-state index in [2.05, 4.69) is 9.56 Å². The second kappa shape index (κ2) is 10.5. The lowest BCUT2D eigenvalue weighted by Crippen LogP contribution is -2.40. The summed E-state index contributed by atoms with van der Waals surface area (Å²) in [4.78, 5) is 32.0. The number of allylic oxidation sites excluding steroid dienone is 1. The minimum atomic E-state index is -0.828. The second-order valence-electron chi connectivity index (χ2n) is 9.10. The number of aromatic nitrogens is 2. The molecule has 39 heavy (non-hydrogen) atoms. The number of halogens is 2. The lowest BCUT2D eigenvalue weighted by Gasteiger charge is -2.25. The van der Waals surface area contributed by atoms with Gasteiger partial charge >= 0.3 is 5.97 Å². The fourth-order valence-corrected chi connectivity index (χ4v) is 6.31. The van der Waals surface area contributed by atoms with E-state index in [9.17, 15) is 9.59 Å². The van der Waals surface area contributed by atoms with Gasteiger partial charge in [-0.05, 0) is 80.9 Å². The van der Waals surface area contributed by atoms with Crippen LogP contribution < -0.4 is 19.6 Å². The summed E-state index contributed by atoms with van der Waals surface area (Å²) in [5, 5.41) is 1.11. The first-order valence-electron chi connectivity index (χ1n) is 12.0. The van der Waals surface area contributed by atoms with Crippen molar-refractivity contribution in [2.24, 2.45) is 4.99 Å². The van der Waals surface area contributed by atoms with Crippen molar-refractivity contribution in [3.8, 4) is 11.4 Å². The molecule has 0 radical (unpaired) electrons. The van der Waals surface area contributed by atoms with Gasteiger partial charge in [0.05, 0.1) is 30.0 Å². The van der Waals surface area contributed by atoms with Crippen LogP contribution in [0.5, 0.6) is 5.75 Å². The molecule has 0 unspecified atom stereocenters. The van der Waals surface area contributed by atoms with Crippen LogP contribution in [0.3, 0.4) is 0 Å². The molecular weight excluding hydrogens is 557 g/mol. The highest BCUT2D eigenvalue weighted by molar-refractivity contribution is 7.07. The topological polar surface area (TPSA) is 74.8 Å². The van der Waals surface area contributed by atoms with E-state index in [0.29, 0.717) is 36.4 Å². The molecular formula is C29H25Cl2N3O4S. The van der Waals surface area contributed by atoms with E-state index in [1.807, 2.05) is 50.3 Å². The normalized spacial score (nSPS) is 15.3. The number of ether oxygens (including phenoxy) is 2. The van der Waals surface area contributed by atoms with Gasteiger partial charge in [0.15, 0.2) is 4.80 Å². The highest BCUT2D eigenvalue weighted by Crippen LogP contribution is 2.37. The summed E-state index contributed by atoms with van der Waals surface area (Å²) < 4.78 is 14.8. The molecule has 3 heterocycles. The zero-order valence-electron chi connectivity index (χ0n) is 21.9. The van der Waals surface area contributed by atoms with E-state index in [-0.39, 0.29) is 11.1 Å². The number of fused-ring (bicyclic) bond motifs is 1. The molecule has 0 bridgehead atoms. The Morgan fingerprint density at radius 2 is 1.72 bits per heavy atom. The Labute approximate surface area is 238 Å². The quantitative estimate of drug-likeness (QED) is 0.306. The highest BCUT2D eigenvalue weighted by Gasteiger charge is 2.35. The number of methoxy groups -OCH3 is 2. The van der Waals surface area contributed by atoms with Crippen LogP contribution in [0.15, 0.2) is 69.6 Å². The summed E-state index contributed by atoms with van der Waals surface area (Å²) >= 11 is 13.7. The smallest absolute Gasteiger partial charge is 0.338 e. The van der Waals surface area contributed by atoms with Crippen LogP contribution in [-0.4, -0.2) is 29.3 Å². The molecule has 0 N–H and O–H groups in total. The molecule has 5 rings (SSSR count). The van der Waals surface area contributed by atoms with Crippen molar-refractivity contribution in [2.75, 3.05) is 14.2 Å². The molecule has 2 aromatic carbocycles. The molecule has 1 aliphatic rings. The minimum absolute atomic E-state index is 0.248. The summed E-state index contributed by atoms with van der Waals surface area (Å²) in [5.74, 6) is -0.0920. The molecule has 0 spiro atoms. The van der Waals surface area contributed by atoms with Gasteiger partial charge in [-0.1, -0.05) is 34.5 Å². The number of hydrogen-bond donors (Lipinski definition) is 0. The van der Waals surface area contributed by atoms with E-state index < -0.39 is 12.0 Å². The van der Waals surface area contributed by atoms with Crippen molar-refractivity contribution in [2.45, 2.75) is 26.8 Å². The average molecular weight is 583 g/mol. The molecule has 4 aromatic rings. The third-order valence-corrected chi connectivity index (χ3v) is 8.23. The number of aryl methyl sites for hydroxylation is 1. The van der Waals surface area contributed by atoms with Gasteiger partial charge in [-0.2, -0.15) is 0 Å². The summed E-state index contributed by atoms with van der Waals surface area (Å²) in [6.07, 6.45) is 1.86. The second-order valence-corrected chi connectivity index (χ2v) is 11.0. The van der Waals surface area contributed by atoms with Crippen LogP contribution in [0.2, 0.25) is 10.0 Å². The Morgan fingerprint density at radius 1 is 1.03 bits per heavy atom. The van der Waals surface area contributed by atoms with Crippen molar-refractivity contribution in [3.63, 3.8) is 0 Å². The number of thiazole rings is 1. The van der Waals surface area contributed by atoms with Gasteiger partial charge in [0, 0.05) is 32.7 Å². The Kier molecular flexibility index (Phi) is 7.29. The van der Waals surface area contributed by atoms with Gasteiger partial charge in [0.2, 0.25) is 0 Å². The third kappa shape index (κ3) is 4.73. The van der Waals surface area contributed by atoms with Crippen molar-refractivity contribution in [3.05, 3.63) is 112 Å². The van der Waals surface area contributed by atoms with Gasteiger partial charge in [-0.25, -0.2) is 9.79 Å². The first-order chi connectivity index (χ1) is 18.6. The molecule has 0 saturated carbocycles. The first kappa shape index (κ1) is 27.0. The lowest BCUT2D eigenvalue weighted by molar-refractivity contribution is -0.136. The molecule has 0 fully saturated rings. The van der Waals surface area contributed by atoms with Gasteiger partial charge in [-0.3, -0.25) is 9.36 Å². The molecule has 0 aliphatic carbocycles. The lowest BCUT2D eigenvalue weighted by atomic mass is 9.95. The predicted octanol–water partition coefficient (Wildman–Crippen LogP) is 5.13. The summed E-state index contributed by atoms with van der Waals surface area (Å²) in [6, 6.07) is 13.9. The van der Waals surface area contributed by atoms with Crippen LogP contribution in [-0.2, 0) is 9.53 Å². The zero-order valence-corrected chi connectivity index (χ0v) is 24.2. The van der Waals surface area contributed by atoms with E-state index in [1.54, 1.807) is 25.1 Å². The molecule has 7 nitrogen and oxygen atoms in total. The molecule has 0 amide bonds. The van der Waals surface area contributed by atoms with Crippen molar-refractivity contribution < 1.29 is 14.3 Å². The maximum absolute atomic E-state index is 14.0. The van der Waals surface area contributed by atoms with E-state index in [4.69, 9.17) is 32.7 Å². The molecule has 1 aliphatic heterocycles. The maximum Gasteiger partial charge on any atom is 0.338 e. The van der Waals surface area contributed by atoms with E-state index in [1.165, 1.54) is 30.1 Å². The van der Waals surface area contributed by atoms with Crippen LogP contribution >= 0.6 is 34.5 Å². The number of nitrogens with zero attached hydrogens (tertiary/aromatic N) is 3. The fourth-order valence-electron chi connectivity index (χ4n) is 4.97. The van der Waals surface area contributed by atoms with Crippen LogP contribution in [0, 0.1) is 13.8 Å². The Morgan fingerprint density at radius 3 is 2.38 bits per heavy atom. The number of esters is 1. The number of benzene rings is 2. The Hall–Kier alpha value is -3.59. The molecule has 2 aromatic heterocycles. The average Bonchev–Trinajstić information content (AvgIpc) is 3.37. The predicted molar refractivity (Wildman–Crippen MR) is 154 cm³/mol. The van der Waals surface area contributed by atoms with Crippen LogP contribution in [0.1, 0.15) is 35.5 Å². The largest absolute Gasteiger partial charge is 0.496 e. The maximum atomic E-state index is 14.0. The standard InChI is InChI=1S/C29H25Cl2N3O4S/c1-15-12-18(17(3)33(15)21-9-6-19(30)7-10-21)13-24-27(35)34-26(22-14-20(31)8-11-23(22)37-4)25(28(36)38-5)16(2)32-29(34)39-24/h6-14,26H,1-5H3/b24-13-/t26-/m1/s1. The molecule has 10 heteroatoms. The van der Waals surface area contributed by atoms with Gasteiger partial charge in [0.25, 0.3) is 5.56 Å². The number of rotatable bonds is 5. The number of carbonyl (C=O) groups is 1. The molecule has 200 valence electrons. The first-order valence-corrected chi connectivity index (χ1v) is 13.6. The monoisotopic (exact) mass is 581 g/mol. The molecule has 0 saturated heterocycles. The third-order valence-electron chi connectivity index (χ3n) is 6.76. The zero-order chi connectivity index (χ0) is 28.0. The summed E-state index contributed by atoms with van der Waals surface area (Å²) in [6.45, 7) is 5.74. The van der Waals surface area contributed by atoms with Crippen LogP contribution in [0.4, 0.5) is 0 Å². The Balaban J connectivity index is 1.73. The van der Waals surface area contributed by atoms with Crippen molar-refractivity contribution in [1.82, 2.24) is 9.13 Å². The summed E-state index contributed by atoms with van der Waals surface area (Å²) in [7, 11) is 2.83. The van der Waals surface area contributed by atoms with Gasteiger partial charge in [-0.15, -0.1) is 0 Å². The van der Waals surface area contributed by atoms with Crippen molar-refractivity contribution in [1.29, 1.82) is 0 Å². The number of carbonyl (C=O) groups excluding carboxylic acids is 1. The van der Waals surface area contributed by atoms with Crippen LogP contribution in [0.25, 0.3) is 11.8 Å². The Bertz CT molecular complexity index is 1830. The minimum Gasteiger partial charge on any atom is -0.496 e. The van der Waals surface area contributed by atoms with Gasteiger partial charge in [0.1, 0.15) is 11.8 Å². The number of hydrogen-bond acceptors (Lipinski definition) is 6. The van der Waals surface area contributed by atoms with Gasteiger partial charge < -0.3 is 14.0 Å². The fraction of sp³-hybridized carbons (Fsp3) is 0.207. The SMILES string of the molecule is COC(=O)C1=C(C)N=c2s/c(=C\c3cc(C)n(-c4ccc(Cl)cc4)c3C)c(=O)n2[C@@H]1c1cc(Cl)ccc1OC. The van der Waals surface area contributed by atoms with E-state index in [0.717, 1.165) is 22.6 Å². The van der Waals surface area contributed by atoms with E-state index >= 15 is 0 Å². The highest BCUT2D eigenvalue weighted by atomic mass is 35.5.